The van der Waals surface area contributed by atoms with E-state index in [9.17, 15) is 4.79 Å². The topological polar surface area (TPSA) is 45.2 Å². The molecule has 1 aromatic carbocycles. The lowest BCUT2D eigenvalue weighted by molar-refractivity contribution is 0.0828. The minimum atomic E-state index is -0.00226. The first-order valence-electron chi connectivity index (χ1n) is 6.03. The van der Waals surface area contributed by atoms with Crippen molar-refractivity contribution in [1.29, 1.82) is 0 Å². The van der Waals surface area contributed by atoms with Gasteiger partial charge in [-0.25, -0.2) is 4.98 Å². The minimum Gasteiger partial charge on any atom is -0.379 e. The molecule has 0 aliphatic heterocycles. The fraction of sp³-hybridized carbons (Fsp3) is 0.286. The minimum absolute atomic E-state index is 0.00226. The van der Waals surface area contributed by atoms with Crippen LogP contribution < -0.4 is 5.32 Å². The Bertz CT molecular complexity index is 578. The molecule has 0 unspecified atom stereocenters. The first-order chi connectivity index (χ1) is 9.08. The fourth-order valence-corrected chi connectivity index (χ4v) is 2.35. The second kappa shape index (κ2) is 5.84. The molecule has 100 valence electrons. The van der Waals surface area contributed by atoms with E-state index in [4.69, 9.17) is 0 Å². The van der Waals surface area contributed by atoms with Gasteiger partial charge in [-0.1, -0.05) is 12.1 Å². The Labute approximate surface area is 117 Å². The molecule has 5 heteroatoms. The van der Waals surface area contributed by atoms with Crippen LogP contribution in [0.25, 0.3) is 0 Å². The fourth-order valence-electron chi connectivity index (χ4n) is 1.74. The van der Waals surface area contributed by atoms with E-state index in [0.717, 1.165) is 16.4 Å². The molecule has 1 N–H and O–H groups in total. The van der Waals surface area contributed by atoms with Crippen molar-refractivity contribution in [3.63, 3.8) is 0 Å². The predicted molar refractivity (Wildman–Crippen MR) is 78.6 cm³/mol. The molecule has 0 saturated heterocycles. The number of para-hydroxylation sites is 1. The van der Waals surface area contributed by atoms with Crippen molar-refractivity contribution < 1.29 is 4.79 Å². The van der Waals surface area contributed by atoms with Crippen LogP contribution in [0.5, 0.6) is 0 Å². The number of nitrogens with zero attached hydrogens (tertiary/aromatic N) is 2. The third kappa shape index (κ3) is 3.32. The Hall–Kier alpha value is -1.88. The lowest BCUT2D eigenvalue weighted by atomic mass is 10.1. The molecule has 2 rings (SSSR count). The number of rotatable bonds is 4. The summed E-state index contributed by atoms with van der Waals surface area (Å²) < 4.78 is 0. The zero-order chi connectivity index (χ0) is 13.8. The van der Waals surface area contributed by atoms with Crippen molar-refractivity contribution in [3.8, 4) is 0 Å². The number of hydrogen-bond donors (Lipinski definition) is 1. The van der Waals surface area contributed by atoms with Crippen molar-refractivity contribution in [2.45, 2.75) is 13.5 Å². The summed E-state index contributed by atoms with van der Waals surface area (Å²) in [7, 11) is 3.51. The summed E-state index contributed by atoms with van der Waals surface area (Å²) >= 11 is 1.63. The number of nitrogens with one attached hydrogen (secondary N) is 1. The van der Waals surface area contributed by atoms with E-state index in [1.807, 2.05) is 36.6 Å². The first-order valence-corrected chi connectivity index (χ1v) is 6.91. The average Bonchev–Trinajstić information content (AvgIpc) is 2.81. The molecule has 0 aliphatic carbocycles. The average molecular weight is 275 g/mol. The molecule has 0 bridgehead atoms. The van der Waals surface area contributed by atoms with Gasteiger partial charge in [0.25, 0.3) is 5.91 Å². The molecule has 1 amide bonds. The zero-order valence-corrected chi connectivity index (χ0v) is 12.1. The van der Waals surface area contributed by atoms with Gasteiger partial charge in [-0.05, 0) is 19.1 Å². The summed E-state index contributed by atoms with van der Waals surface area (Å²) in [5, 5.41) is 6.35. The molecule has 2 aromatic rings. The number of carbonyl (C=O) groups excluding carboxylic acids is 1. The highest BCUT2D eigenvalue weighted by Gasteiger charge is 2.12. The maximum absolute atomic E-state index is 12.1. The van der Waals surface area contributed by atoms with Gasteiger partial charge >= 0.3 is 0 Å². The van der Waals surface area contributed by atoms with Crippen LogP contribution >= 0.6 is 11.3 Å². The number of amides is 1. The quantitative estimate of drug-likeness (QED) is 0.933. The highest BCUT2D eigenvalue weighted by molar-refractivity contribution is 7.09. The first kappa shape index (κ1) is 13.5. The van der Waals surface area contributed by atoms with E-state index < -0.39 is 0 Å². The number of anilines is 1. The Kier molecular flexibility index (Phi) is 4.16. The summed E-state index contributed by atoms with van der Waals surface area (Å²) in [6.07, 6.45) is 0. The third-order valence-electron chi connectivity index (χ3n) is 2.69. The molecule has 0 atom stereocenters. The lowest BCUT2D eigenvalue weighted by Crippen LogP contribution is -2.22. The van der Waals surface area contributed by atoms with Gasteiger partial charge < -0.3 is 10.2 Å². The second-order valence-electron chi connectivity index (χ2n) is 4.46. The van der Waals surface area contributed by atoms with Gasteiger partial charge in [0.2, 0.25) is 0 Å². The monoisotopic (exact) mass is 275 g/mol. The molecule has 0 fully saturated rings. The van der Waals surface area contributed by atoms with Gasteiger partial charge in [0.1, 0.15) is 0 Å². The normalized spacial score (nSPS) is 10.3. The molecule has 0 radical (unpaired) electrons. The van der Waals surface area contributed by atoms with Crippen molar-refractivity contribution in [1.82, 2.24) is 9.88 Å². The number of benzene rings is 1. The molecule has 0 aliphatic rings. The van der Waals surface area contributed by atoms with E-state index in [2.05, 4.69) is 10.3 Å². The zero-order valence-electron chi connectivity index (χ0n) is 11.3. The van der Waals surface area contributed by atoms with E-state index in [-0.39, 0.29) is 5.91 Å². The Morgan fingerprint density at radius 3 is 2.74 bits per heavy atom. The summed E-state index contributed by atoms with van der Waals surface area (Å²) in [4.78, 5) is 18.0. The number of aryl methyl sites for hydroxylation is 1. The van der Waals surface area contributed by atoms with Crippen LogP contribution in [0.15, 0.2) is 29.6 Å². The smallest absolute Gasteiger partial charge is 0.255 e. The summed E-state index contributed by atoms with van der Waals surface area (Å²) in [5.41, 5.74) is 2.51. The van der Waals surface area contributed by atoms with Crippen LogP contribution in [0.3, 0.4) is 0 Å². The van der Waals surface area contributed by atoms with Gasteiger partial charge in [-0.15, -0.1) is 11.3 Å². The van der Waals surface area contributed by atoms with E-state index in [1.54, 1.807) is 30.3 Å². The SMILES string of the molecule is Cc1nc(CNc2ccccc2C(=O)N(C)C)cs1. The van der Waals surface area contributed by atoms with Crippen molar-refractivity contribution in [2.24, 2.45) is 0 Å². The van der Waals surface area contributed by atoms with Crippen LogP contribution in [0.4, 0.5) is 5.69 Å². The van der Waals surface area contributed by atoms with Crippen LogP contribution in [-0.4, -0.2) is 29.9 Å². The van der Waals surface area contributed by atoms with Crippen molar-refractivity contribution in [2.75, 3.05) is 19.4 Å². The van der Waals surface area contributed by atoms with Gasteiger partial charge in [0.15, 0.2) is 0 Å². The van der Waals surface area contributed by atoms with Gasteiger partial charge in [-0.2, -0.15) is 0 Å². The van der Waals surface area contributed by atoms with Gasteiger partial charge in [0.05, 0.1) is 22.8 Å². The molecule has 19 heavy (non-hydrogen) atoms. The van der Waals surface area contributed by atoms with Gasteiger partial charge in [-0.3, -0.25) is 4.79 Å². The maximum Gasteiger partial charge on any atom is 0.255 e. The van der Waals surface area contributed by atoms with E-state index >= 15 is 0 Å². The number of carbonyl (C=O) groups is 1. The number of thiazole rings is 1. The molecular weight excluding hydrogens is 258 g/mol. The highest BCUT2D eigenvalue weighted by Crippen LogP contribution is 2.18. The standard InChI is InChI=1S/C14H17N3OS/c1-10-16-11(9-19-10)8-15-13-7-5-4-6-12(13)14(18)17(2)3/h4-7,9,15H,8H2,1-3H3. The van der Waals surface area contributed by atoms with Crippen LogP contribution in [0, 0.1) is 6.92 Å². The lowest BCUT2D eigenvalue weighted by Gasteiger charge is -2.14. The van der Waals surface area contributed by atoms with Crippen molar-refractivity contribution in [3.05, 3.63) is 45.9 Å². The Morgan fingerprint density at radius 1 is 1.37 bits per heavy atom. The second-order valence-corrected chi connectivity index (χ2v) is 5.52. The maximum atomic E-state index is 12.1. The number of hydrogen-bond acceptors (Lipinski definition) is 4. The van der Waals surface area contributed by atoms with Crippen LogP contribution in [0.2, 0.25) is 0 Å². The van der Waals surface area contributed by atoms with Gasteiger partial charge in [0, 0.05) is 25.2 Å². The molecule has 4 nitrogen and oxygen atoms in total. The summed E-state index contributed by atoms with van der Waals surface area (Å²) in [6.45, 7) is 2.61. The summed E-state index contributed by atoms with van der Waals surface area (Å²) in [5.74, 6) is -0.00226. The Balaban J connectivity index is 2.14. The largest absolute Gasteiger partial charge is 0.379 e. The predicted octanol–water partition coefficient (Wildman–Crippen LogP) is 2.77. The Morgan fingerprint density at radius 2 is 2.11 bits per heavy atom. The van der Waals surface area contributed by atoms with Crippen LogP contribution in [0.1, 0.15) is 21.1 Å². The molecule has 0 saturated carbocycles. The number of aromatic nitrogens is 1. The third-order valence-corrected chi connectivity index (χ3v) is 3.51. The van der Waals surface area contributed by atoms with E-state index in [1.165, 1.54) is 0 Å². The molecule has 1 aromatic heterocycles. The molecule has 0 spiro atoms. The highest BCUT2D eigenvalue weighted by atomic mass is 32.1. The van der Waals surface area contributed by atoms with Crippen molar-refractivity contribution >= 4 is 22.9 Å². The van der Waals surface area contributed by atoms with E-state index in [0.29, 0.717) is 12.1 Å². The van der Waals surface area contributed by atoms with Crippen LogP contribution in [-0.2, 0) is 6.54 Å². The summed E-state index contributed by atoms with van der Waals surface area (Å²) in [6, 6.07) is 7.53. The molecular formula is C14H17N3OS. The molecule has 1 heterocycles.